The highest BCUT2D eigenvalue weighted by Gasteiger charge is 2.08. The molecule has 0 spiro atoms. The smallest absolute Gasteiger partial charge is 0.321 e. The molecule has 0 aliphatic carbocycles. The average molecular weight is 254 g/mol. The first-order valence-electron chi connectivity index (χ1n) is 6.27. The maximum absolute atomic E-state index is 11.7. The van der Waals surface area contributed by atoms with Gasteiger partial charge in [-0.25, -0.2) is 4.79 Å². The minimum Gasteiger partial charge on any atom is -0.331 e. The van der Waals surface area contributed by atoms with Crippen molar-refractivity contribution in [3.8, 4) is 0 Å². The molecular formula is C16H18N2O. The molecule has 0 saturated heterocycles. The number of carbonyl (C=O) groups is 1. The van der Waals surface area contributed by atoms with E-state index in [1.807, 2.05) is 42.5 Å². The van der Waals surface area contributed by atoms with Gasteiger partial charge in [0, 0.05) is 19.8 Å². The van der Waals surface area contributed by atoms with Crippen molar-refractivity contribution in [1.29, 1.82) is 0 Å². The molecule has 0 aliphatic rings. The maximum atomic E-state index is 11.7. The summed E-state index contributed by atoms with van der Waals surface area (Å²) >= 11 is 0. The zero-order valence-electron chi connectivity index (χ0n) is 11.3. The second kappa shape index (κ2) is 6.05. The van der Waals surface area contributed by atoms with Crippen molar-refractivity contribution >= 4 is 11.7 Å². The predicted octanol–water partition coefficient (Wildman–Crippen LogP) is 3.37. The fraction of sp³-hybridized carbons (Fsp3) is 0.188. The first kappa shape index (κ1) is 13.1. The molecular weight excluding hydrogens is 236 g/mol. The van der Waals surface area contributed by atoms with Crippen LogP contribution in [0.3, 0.4) is 0 Å². The summed E-state index contributed by atoms with van der Waals surface area (Å²) in [5.74, 6) is 0. The van der Waals surface area contributed by atoms with Crippen molar-refractivity contribution in [3.05, 3.63) is 65.7 Å². The van der Waals surface area contributed by atoms with Gasteiger partial charge in [0.25, 0.3) is 0 Å². The molecule has 0 saturated carbocycles. The lowest BCUT2D eigenvalue weighted by molar-refractivity contribution is 0.230. The molecule has 0 aliphatic heterocycles. The van der Waals surface area contributed by atoms with Crippen molar-refractivity contribution < 1.29 is 4.79 Å². The molecule has 2 aromatic carbocycles. The van der Waals surface area contributed by atoms with Crippen LogP contribution in [0.2, 0.25) is 0 Å². The second-order valence-corrected chi connectivity index (χ2v) is 4.64. The van der Waals surface area contributed by atoms with Crippen LogP contribution < -0.4 is 5.32 Å². The molecule has 0 fully saturated rings. The first-order chi connectivity index (χ1) is 9.16. The molecule has 2 rings (SSSR count). The van der Waals surface area contributed by atoms with E-state index in [-0.39, 0.29) is 6.03 Å². The molecule has 0 atom stereocenters. The summed E-state index contributed by atoms with van der Waals surface area (Å²) in [4.78, 5) is 13.3. The molecule has 3 heteroatoms. The number of hydrogen-bond acceptors (Lipinski definition) is 1. The van der Waals surface area contributed by atoms with Gasteiger partial charge in [-0.15, -0.1) is 0 Å². The van der Waals surface area contributed by atoms with Crippen molar-refractivity contribution in [2.24, 2.45) is 0 Å². The molecule has 3 nitrogen and oxygen atoms in total. The van der Waals surface area contributed by atoms with Gasteiger partial charge in [-0.1, -0.05) is 48.5 Å². The molecule has 2 amide bonds. The minimum atomic E-state index is -0.111. The van der Waals surface area contributed by atoms with Crippen LogP contribution in [0.15, 0.2) is 54.6 Å². The molecule has 0 unspecified atom stereocenters. The second-order valence-electron chi connectivity index (χ2n) is 4.64. The van der Waals surface area contributed by atoms with Gasteiger partial charge in [0.2, 0.25) is 0 Å². The van der Waals surface area contributed by atoms with E-state index in [0.717, 1.165) is 17.7 Å². The van der Waals surface area contributed by atoms with E-state index in [1.165, 1.54) is 10.5 Å². The molecule has 19 heavy (non-hydrogen) atoms. The SMILES string of the molecule is CN(C)C(=O)Nc1ccccc1Cc1ccccc1. The molecule has 2 aromatic rings. The Bertz CT molecular complexity index is 550. The maximum Gasteiger partial charge on any atom is 0.321 e. The fourth-order valence-electron chi connectivity index (χ4n) is 1.84. The number of para-hydroxylation sites is 1. The van der Waals surface area contributed by atoms with Crippen molar-refractivity contribution in [2.45, 2.75) is 6.42 Å². The van der Waals surface area contributed by atoms with Gasteiger partial charge in [0.15, 0.2) is 0 Å². The molecule has 0 aromatic heterocycles. The summed E-state index contributed by atoms with van der Waals surface area (Å²) in [6, 6.07) is 18.0. The summed E-state index contributed by atoms with van der Waals surface area (Å²) in [6.45, 7) is 0. The largest absolute Gasteiger partial charge is 0.331 e. The number of nitrogens with one attached hydrogen (secondary N) is 1. The summed E-state index contributed by atoms with van der Waals surface area (Å²) in [7, 11) is 3.46. The van der Waals surface area contributed by atoms with Gasteiger partial charge in [-0.3, -0.25) is 0 Å². The van der Waals surface area contributed by atoms with E-state index in [0.29, 0.717) is 0 Å². The van der Waals surface area contributed by atoms with Gasteiger partial charge < -0.3 is 10.2 Å². The van der Waals surface area contributed by atoms with E-state index >= 15 is 0 Å². The van der Waals surface area contributed by atoms with Crippen LogP contribution in [-0.4, -0.2) is 25.0 Å². The van der Waals surface area contributed by atoms with Gasteiger partial charge in [0.05, 0.1) is 0 Å². The van der Waals surface area contributed by atoms with Crippen LogP contribution in [0.1, 0.15) is 11.1 Å². The monoisotopic (exact) mass is 254 g/mol. The van der Waals surface area contributed by atoms with Crippen LogP contribution >= 0.6 is 0 Å². The van der Waals surface area contributed by atoms with Gasteiger partial charge in [-0.2, -0.15) is 0 Å². The Hall–Kier alpha value is -2.29. The number of rotatable bonds is 3. The molecule has 98 valence electrons. The minimum absolute atomic E-state index is 0.111. The average Bonchev–Trinajstić information content (AvgIpc) is 2.42. The highest BCUT2D eigenvalue weighted by Crippen LogP contribution is 2.19. The van der Waals surface area contributed by atoms with E-state index < -0.39 is 0 Å². The van der Waals surface area contributed by atoms with Crippen LogP contribution in [0.4, 0.5) is 10.5 Å². The number of urea groups is 1. The lowest BCUT2D eigenvalue weighted by atomic mass is 10.0. The Balaban J connectivity index is 2.19. The van der Waals surface area contributed by atoms with Crippen molar-refractivity contribution in [1.82, 2.24) is 4.90 Å². The Kier molecular flexibility index (Phi) is 4.18. The Morgan fingerprint density at radius 2 is 1.63 bits per heavy atom. The van der Waals surface area contributed by atoms with Crippen molar-refractivity contribution in [2.75, 3.05) is 19.4 Å². The third kappa shape index (κ3) is 3.58. The number of amides is 2. The van der Waals surface area contributed by atoms with E-state index in [4.69, 9.17) is 0 Å². The quantitative estimate of drug-likeness (QED) is 0.894. The number of benzene rings is 2. The van der Waals surface area contributed by atoms with Crippen LogP contribution in [-0.2, 0) is 6.42 Å². The summed E-state index contributed by atoms with van der Waals surface area (Å²) < 4.78 is 0. The lowest BCUT2D eigenvalue weighted by Gasteiger charge is -2.15. The van der Waals surface area contributed by atoms with Gasteiger partial charge in [0.1, 0.15) is 0 Å². The Morgan fingerprint density at radius 3 is 2.32 bits per heavy atom. The predicted molar refractivity (Wildman–Crippen MR) is 78.4 cm³/mol. The molecule has 0 radical (unpaired) electrons. The first-order valence-corrected chi connectivity index (χ1v) is 6.27. The lowest BCUT2D eigenvalue weighted by Crippen LogP contribution is -2.27. The summed E-state index contributed by atoms with van der Waals surface area (Å²) in [5.41, 5.74) is 3.21. The van der Waals surface area contributed by atoms with Crippen molar-refractivity contribution in [3.63, 3.8) is 0 Å². The molecule has 0 bridgehead atoms. The number of nitrogens with zero attached hydrogens (tertiary/aromatic N) is 1. The third-order valence-electron chi connectivity index (χ3n) is 2.90. The van der Waals surface area contributed by atoms with Crippen LogP contribution in [0.5, 0.6) is 0 Å². The number of hydrogen-bond donors (Lipinski definition) is 1. The van der Waals surface area contributed by atoms with E-state index in [2.05, 4.69) is 17.4 Å². The van der Waals surface area contributed by atoms with E-state index in [1.54, 1.807) is 14.1 Å². The van der Waals surface area contributed by atoms with Crippen LogP contribution in [0, 0.1) is 0 Å². The number of anilines is 1. The zero-order chi connectivity index (χ0) is 13.7. The fourth-order valence-corrected chi connectivity index (χ4v) is 1.84. The molecule has 0 heterocycles. The molecule has 1 N–H and O–H groups in total. The Morgan fingerprint density at radius 1 is 1.00 bits per heavy atom. The highest BCUT2D eigenvalue weighted by molar-refractivity contribution is 5.89. The van der Waals surface area contributed by atoms with E-state index in [9.17, 15) is 4.79 Å². The topological polar surface area (TPSA) is 32.3 Å². The normalized spacial score (nSPS) is 10.0. The standard InChI is InChI=1S/C16H18N2O/c1-18(2)16(19)17-15-11-7-6-10-14(15)12-13-8-4-3-5-9-13/h3-11H,12H2,1-2H3,(H,17,19). The zero-order valence-corrected chi connectivity index (χ0v) is 11.3. The summed E-state index contributed by atoms with van der Waals surface area (Å²) in [5, 5.41) is 2.92. The highest BCUT2D eigenvalue weighted by atomic mass is 16.2. The number of carbonyl (C=O) groups excluding carboxylic acids is 1. The Labute approximate surface area is 113 Å². The van der Waals surface area contributed by atoms with Gasteiger partial charge in [-0.05, 0) is 23.6 Å². The van der Waals surface area contributed by atoms with Gasteiger partial charge >= 0.3 is 6.03 Å². The third-order valence-corrected chi connectivity index (χ3v) is 2.90. The summed E-state index contributed by atoms with van der Waals surface area (Å²) in [6.07, 6.45) is 0.810. The van der Waals surface area contributed by atoms with Crippen LogP contribution in [0.25, 0.3) is 0 Å².